The van der Waals surface area contributed by atoms with Crippen LogP contribution in [0.5, 0.6) is 0 Å². The minimum Gasteiger partial charge on any atom is -0.469 e. The maximum Gasteiger partial charge on any atom is 0.416 e. The lowest BCUT2D eigenvalue weighted by Gasteiger charge is -2.35. The standard InChI is InChI=1S/C18H24F3N3O3.HI/c1-3-22-17(23-8-7-16(25)26-2)24-9-10-27-15(12-24)13-5-4-6-14(11-13)18(19,20)21;/h4-6,11,15H,3,7-10,12H2,1-2H3,(H,22,23);1H. The highest BCUT2D eigenvalue weighted by Crippen LogP contribution is 2.32. The highest BCUT2D eigenvalue weighted by Gasteiger charge is 2.32. The third-order valence-electron chi connectivity index (χ3n) is 4.09. The quantitative estimate of drug-likeness (QED) is 0.283. The number of benzene rings is 1. The minimum absolute atomic E-state index is 0. The molecule has 0 spiro atoms. The number of hydrogen-bond donors (Lipinski definition) is 1. The zero-order chi connectivity index (χ0) is 19.9. The van der Waals surface area contributed by atoms with Gasteiger partial charge in [0.2, 0.25) is 0 Å². The van der Waals surface area contributed by atoms with Crippen LogP contribution in [0.4, 0.5) is 13.2 Å². The van der Waals surface area contributed by atoms with Crippen LogP contribution in [-0.2, 0) is 20.4 Å². The molecule has 10 heteroatoms. The van der Waals surface area contributed by atoms with E-state index in [1.165, 1.54) is 13.2 Å². The molecule has 1 aromatic carbocycles. The highest BCUT2D eigenvalue weighted by atomic mass is 127. The van der Waals surface area contributed by atoms with Gasteiger partial charge in [-0.25, -0.2) is 0 Å². The average molecular weight is 515 g/mol. The molecule has 0 aromatic heterocycles. The number of ether oxygens (including phenoxy) is 2. The second kappa shape index (κ2) is 11.4. The lowest BCUT2D eigenvalue weighted by atomic mass is 10.0. The van der Waals surface area contributed by atoms with Crippen molar-refractivity contribution in [3.63, 3.8) is 0 Å². The highest BCUT2D eigenvalue weighted by molar-refractivity contribution is 14.0. The maximum absolute atomic E-state index is 13.0. The fraction of sp³-hybridized carbons (Fsp3) is 0.556. The summed E-state index contributed by atoms with van der Waals surface area (Å²) < 4.78 is 49.1. The number of hydrogen-bond acceptors (Lipinski definition) is 4. The first-order valence-corrected chi connectivity index (χ1v) is 8.74. The molecule has 0 bridgehead atoms. The van der Waals surface area contributed by atoms with Gasteiger partial charge in [-0.1, -0.05) is 12.1 Å². The maximum atomic E-state index is 13.0. The molecule has 1 saturated heterocycles. The predicted molar refractivity (Wildman–Crippen MR) is 110 cm³/mol. The zero-order valence-corrected chi connectivity index (χ0v) is 18.1. The molecule has 1 aliphatic heterocycles. The van der Waals surface area contributed by atoms with Gasteiger partial charge in [-0.15, -0.1) is 24.0 Å². The lowest BCUT2D eigenvalue weighted by Crippen LogP contribution is -2.48. The number of nitrogens with one attached hydrogen (secondary N) is 1. The average Bonchev–Trinajstić information content (AvgIpc) is 2.66. The Balaban J connectivity index is 0.00000392. The summed E-state index contributed by atoms with van der Waals surface area (Å²) in [6.07, 6.45) is -4.73. The first kappa shape index (κ1) is 24.5. The zero-order valence-electron chi connectivity index (χ0n) is 15.8. The predicted octanol–water partition coefficient (Wildman–Crippen LogP) is 3.23. The van der Waals surface area contributed by atoms with Crippen molar-refractivity contribution in [1.82, 2.24) is 10.2 Å². The number of alkyl halides is 3. The van der Waals surface area contributed by atoms with Gasteiger partial charge in [-0.3, -0.25) is 9.79 Å². The van der Waals surface area contributed by atoms with Crippen LogP contribution in [0.2, 0.25) is 0 Å². The van der Waals surface area contributed by atoms with E-state index >= 15 is 0 Å². The number of methoxy groups -OCH3 is 1. The van der Waals surface area contributed by atoms with Crippen LogP contribution < -0.4 is 5.32 Å². The minimum atomic E-state index is -4.39. The summed E-state index contributed by atoms with van der Waals surface area (Å²) in [6.45, 7) is 4.09. The molecule has 158 valence electrons. The molecule has 0 aliphatic carbocycles. The van der Waals surface area contributed by atoms with Crippen molar-refractivity contribution in [3.8, 4) is 0 Å². The molecular formula is C18H25F3IN3O3. The third-order valence-corrected chi connectivity index (χ3v) is 4.09. The summed E-state index contributed by atoms with van der Waals surface area (Å²) in [7, 11) is 1.32. The van der Waals surface area contributed by atoms with Crippen LogP contribution in [-0.4, -0.2) is 56.7 Å². The van der Waals surface area contributed by atoms with E-state index in [0.29, 0.717) is 37.8 Å². The number of nitrogens with zero attached hydrogens (tertiary/aromatic N) is 2. The normalized spacial score (nSPS) is 17.7. The third kappa shape index (κ3) is 7.12. The smallest absolute Gasteiger partial charge is 0.416 e. The molecule has 28 heavy (non-hydrogen) atoms. The molecule has 0 amide bonds. The van der Waals surface area contributed by atoms with Gasteiger partial charge < -0.3 is 19.7 Å². The number of guanidine groups is 1. The first-order valence-electron chi connectivity index (χ1n) is 8.74. The van der Waals surface area contributed by atoms with Crippen molar-refractivity contribution in [1.29, 1.82) is 0 Å². The van der Waals surface area contributed by atoms with Crippen LogP contribution in [0.15, 0.2) is 29.3 Å². The summed E-state index contributed by atoms with van der Waals surface area (Å²) in [4.78, 5) is 17.6. The Kier molecular flexibility index (Phi) is 10.0. The number of aliphatic imine (C=N–C) groups is 1. The summed E-state index contributed by atoms with van der Waals surface area (Å²) in [6, 6.07) is 5.18. The SMILES string of the molecule is CCNC(=NCCC(=O)OC)N1CCOC(c2cccc(C(F)(F)F)c2)C1.I. The summed E-state index contributed by atoms with van der Waals surface area (Å²) in [5.74, 6) is 0.250. The molecule has 1 N–H and O–H groups in total. The van der Waals surface area contributed by atoms with Gasteiger partial charge in [-0.2, -0.15) is 13.2 Å². The van der Waals surface area contributed by atoms with E-state index in [4.69, 9.17) is 4.74 Å². The van der Waals surface area contributed by atoms with Crippen LogP contribution in [0.25, 0.3) is 0 Å². The van der Waals surface area contributed by atoms with Gasteiger partial charge in [0.05, 0.1) is 38.8 Å². The number of morpholine rings is 1. The molecular weight excluding hydrogens is 490 g/mol. The van der Waals surface area contributed by atoms with Crippen LogP contribution >= 0.6 is 24.0 Å². The topological polar surface area (TPSA) is 63.2 Å². The van der Waals surface area contributed by atoms with Crippen LogP contribution in [0.1, 0.15) is 30.6 Å². The van der Waals surface area contributed by atoms with Crippen LogP contribution in [0, 0.1) is 0 Å². The lowest BCUT2D eigenvalue weighted by molar-refractivity contribution is -0.140. The second-order valence-electron chi connectivity index (χ2n) is 5.99. The van der Waals surface area contributed by atoms with Crippen molar-refractivity contribution in [2.45, 2.75) is 25.6 Å². The van der Waals surface area contributed by atoms with Gasteiger partial charge in [0.25, 0.3) is 0 Å². The molecule has 1 fully saturated rings. The Labute approximate surface area is 179 Å². The number of carbonyl (C=O) groups is 1. The van der Waals surface area contributed by atoms with Gasteiger partial charge in [0.15, 0.2) is 5.96 Å². The van der Waals surface area contributed by atoms with Crippen molar-refractivity contribution >= 4 is 35.9 Å². The van der Waals surface area contributed by atoms with E-state index < -0.39 is 17.8 Å². The summed E-state index contributed by atoms with van der Waals surface area (Å²) >= 11 is 0. The monoisotopic (exact) mass is 515 g/mol. The second-order valence-corrected chi connectivity index (χ2v) is 5.99. The molecule has 0 saturated carbocycles. The Bertz CT molecular complexity index is 671. The Morgan fingerprint density at radius 1 is 1.43 bits per heavy atom. The molecule has 2 rings (SSSR count). The molecule has 0 radical (unpaired) electrons. The number of rotatable bonds is 5. The van der Waals surface area contributed by atoms with Crippen molar-refractivity contribution in [2.24, 2.45) is 4.99 Å². The van der Waals surface area contributed by atoms with Crippen LogP contribution in [0.3, 0.4) is 0 Å². The number of carbonyl (C=O) groups excluding carboxylic acids is 1. The number of esters is 1. The van der Waals surface area contributed by atoms with E-state index in [2.05, 4.69) is 15.0 Å². The Morgan fingerprint density at radius 3 is 2.82 bits per heavy atom. The number of halogens is 4. The molecule has 1 atom stereocenters. The Hall–Kier alpha value is -1.56. The fourth-order valence-electron chi connectivity index (χ4n) is 2.74. The molecule has 1 heterocycles. The molecule has 6 nitrogen and oxygen atoms in total. The van der Waals surface area contributed by atoms with Gasteiger partial charge >= 0.3 is 12.1 Å². The van der Waals surface area contributed by atoms with Crippen molar-refractivity contribution in [2.75, 3.05) is 39.9 Å². The molecule has 1 aromatic rings. The van der Waals surface area contributed by atoms with E-state index in [0.717, 1.165) is 12.1 Å². The van der Waals surface area contributed by atoms with Crippen molar-refractivity contribution < 1.29 is 27.4 Å². The summed E-state index contributed by atoms with van der Waals surface area (Å²) in [5, 5.41) is 3.14. The Morgan fingerprint density at radius 2 is 2.18 bits per heavy atom. The summed E-state index contributed by atoms with van der Waals surface area (Å²) in [5.41, 5.74) is -0.223. The van der Waals surface area contributed by atoms with E-state index in [1.807, 2.05) is 11.8 Å². The first-order chi connectivity index (χ1) is 12.8. The molecule has 1 aliphatic rings. The van der Waals surface area contributed by atoms with E-state index in [1.54, 1.807) is 6.07 Å². The molecule has 1 unspecified atom stereocenters. The van der Waals surface area contributed by atoms with Crippen molar-refractivity contribution in [3.05, 3.63) is 35.4 Å². The van der Waals surface area contributed by atoms with E-state index in [-0.39, 0.29) is 42.9 Å². The van der Waals surface area contributed by atoms with Gasteiger partial charge in [-0.05, 0) is 24.6 Å². The van der Waals surface area contributed by atoms with Gasteiger partial charge in [0, 0.05) is 13.1 Å². The largest absolute Gasteiger partial charge is 0.469 e. The van der Waals surface area contributed by atoms with Gasteiger partial charge in [0.1, 0.15) is 6.10 Å². The van der Waals surface area contributed by atoms with E-state index in [9.17, 15) is 18.0 Å². The fourth-order valence-corrected chi connectivity index (χ4v) is 2.74.